The van der Waals surface area contributed by atoms with E-state index in [0.717, 1.165) is 73.8 Å². The summed E-state index contributed by atoms with van der Waals surface area (Å²) in [7, 11) is 0. The van der Waals surface area contributed by atoms with Crippen LogP contribution < -0.4 is 10.7 Å². The zero-order chi connectivity index (χ0) is 39.0. The van der Waals surface area contributed by atoms with Crippen molar-refractivity contribution in [3.8, 4) is 5.75 Å². The second-order valence-corrected chi connectivity index (χ2v) is 17.3. The Kier molecular flexibility index (Phi) is 14.1. The zero-order valence-electron chi connectivity index (χ0n) is 32.7. The second kappa shape index (κ2) is 19.0. The fraction of sp³-hybridized carbons (Fsp3) is 0.609. The van der Waals surface area contributed by atoms with Crippen LogP contribution in [0.5, 0.6) is 5.75 Å². The van der Waals surface area contributed by atoms with E-state index in [4.69, 9.17) is 10.7 Å². The van der Waals surface area contributed by atoms with Crippen molar-refractivity contribution < 1.29 is 30.3 Å². The van der Waals surface area contributed by atoms with Gasteiger partial charge in [-0.05, 0) is 136 Å². The van der Waals surface area contributed by atoms with Crippen molar-refractivity contribution in [1.29, 1.82) is 0 Å². The lowest BCUT2D eigenvalue weighted by Crippen LogP contribution is -2.50. The second-order valence-electron chi connectivity index (χ2n) is 17.3. The molecule has 2 heterocycles. The van der Waals surface area contributed by atoms with Crippen molar-refractivity contribution in [3.05, 3.63) is 89.4 Å². The molecule has 1 aromatic carbocycles. The number of aromatic nitrogens is 2. The summed E-state index contributed by atoms with van der Waals surface area (Å²) in [4.78, 5) is 21.5. The quantitative estimate of drug-likeness (QED) is 0.0532. The third kappa shape index (κ3) is 10.6. The highest BCUT2D eigenvalue weighted by molar-refractivity contribution is 5.70. The standard InChI is InChI=1S/C46H64N3O6/c1-2-3-5-8-30-11-14-34(42(51)24-30)9-6-4-7-10-40(45(53)54)44(52)35-15-18-41-36(22-32-19-20-48-43(47)25-32)26-37(46(41,55)28-35)27-38-23-33(29-49-38)21-31-12-16-39(50)17-13-31/h11-14,16-17,19-20,23,25,29-30,34-37,40-42,44,50-52,55H,2-10,15,18,21-22,24,26-28H2,1H3,(H2,47,48)(H,53,54)/q-1/t30-,34-,35+,36+,37-,40+,41-,42-,44-,46-/m1/s1. The number of nitrogens with two attached hydrogens (primary N) is 1. The van der Waals surface area contributed by atoms with Gasteiger partial charge in [-0.25, -0.2) is 4.98 Å². The summed E-state index contributed by atoms with van der Waals surface area (Å²) in [5.41, 5.74) is 9.15. The van der Waals surface area contributed by atoms with Crippen LogP contribution in [0.2, 0.25) is 0 Å². The van der Waals surface area contributed by atoms with Gasteiger partial charge in [0.15, 0.2) is 0 Å². The lowest BCUT2D eigenvalue weighted by Gasteiger charge is -2.46. The minimum absolute atomic E-state index is 0.0147. The molecule has 0 radical (unpaired) electrons. The van der Waals surface area contributed by atoms with Crippen molar-refractivity contribution in [2.24, 2.45) is 41.4 Å². The summed E-state index contributed by atoms with van der Waals surface area (Å²) in [6, 6.07) is 13.2. The van der Waals surface area contributed by atoms with E-state index in [0.29, 0.717) is 50.3 Å². The first-order valence-electron chi connectivity index (χ1n) is 21.1. The van der Waals surface area contributed by atoms with E-state index in [1.54, 1.807) is 18.3 Å². The third-order valence-electron chi connectivity index (χ3n) is 13.4. The molecule has 2 saturated carbocycles. The molecule has 0 saturated heterocycles. The monoisotopic (exact) mass is 754 g/mol. The number of rotatable bonds is 19. The number of anilines is 1. The van der Waals surface area contributed by atoms with Crippen molar-refractivity contribution in [3.63, 3.8) is 0 Å². The number of fused-ring (bicyclic) bond motifs is 1. The summed E-state index contributed by atoms with van der Waals surface area (Å²) in [6.45, 7) is 2.21. The number of carbonyl (C=O) groups is 1. The Labute approximate surface area is 327 Å². The highest BCUT2D eigenvalue weighted by Gasteiger charge is 2.57. The third-order valence-corrected chi connectivity index (χ3v) is 13.4. The Hall–Kier alpha value is -3.66. The van der Waals surface area contributed by atoms with E-state index in [1.807, 2.05) is 30.5 Å². The molecule has 6 rings (SSSR count). The van der Waals surface area contributed by atoms with Crippen LogP contribution in [0.4, 0.5) is 5.82 Å². The maximum Gasteiger partial charge on any atom is 0.309 e. The first-order chi connectivity index (χ1) is 26.5. The smallest absolute Gasteiger partial charge is 0.309 e. The number of nitrogen functional groups attached to an aromatic ring is 1. The molecule has 2 fully saturated rings. The van der Waals surface area contributed by atoms with E-state index >= 15 is 0 Å². The number of phenolic OH excluding ortho intramolecular Hbond substituents is 1. The maximum atomic E-state index is 12.7. The highest BCUT2D eigenvalue weighted by Crippen LogP contribution is 2.56. The van der Waals surface area contributed by atoms with Crippen molar-refractivity contribution >= 4 is 11.8 Å². The number of aromatic hydroxyl groups is 1. The van der Waals surface area contributed by atoms with Crippen LogP contribution in [0.1, 0.15) is 119 Å². The van der Waals surface area contributed by atoms with E-state index < -0.39 is 23.6 Å². The molecule has 3 aromatic rings. The molecule has 3 aliphatic rings. The fourth-order valence-electron chi connectivity index (χ4n) is 10.5. The largest absolute Gasteiger partial charge is 0.667 e. The predicted molar refractivity (Wildman–Crippen MR) is 215 cm³/mol. The molecule has 0 spiro atoms. The Morgan fingerprint density at radius 3 is 2.51 bits per heavy atom. The van der Waals surface area contributed by atoms with Gasteiger partial charge in [-0.1, -0.05) is 81.4 Å². The van der Waals surface area contributed by atoms with Crippen molar-refractivity contribution in [2.75, 3.05) is 5.73 Å². The summed E-state index contributed by atoms with van der Waals surface area (Å²) in [5.74, 6) is -0.697. The van der Waals surface area contributed by atoms with E-state index in [1.165, 1.54) is 19.3 Å². The number of hydrogen-bond acceptors (Lipinski definition) is 7. The predicted octanol–water partition coefficient (Wildman–Crippen LogP) is 7.63. The lowest BCUT2D eigenvalue weighted by molar-refractivity contribution is -0.152. The van der Waals surface area contributed by atoms with Gasteiger partial charge < -0.3 is 36.3 Å². The molecule has 3 aliphatic carbocycles. The van der Waals surface area contributed by atoms with Gasteiger partial charge in [0, 0.05) is 12.1 Å². The number of nitrogens with zero attached hydrogens (tertiary/aromatic N) is 2. The van der Waals surface area contributed by atoms with Gasteiger partial charge in [0.05, 0.1) is 23.7 Å². The number of hydrogen-bond donors (Lipinski definition) is 6. The molecule has 2 aromatic heterocycles. The Bertz CT molecular complexity index is 1690. The molecule has 0 amide bonds. The lowest BCUT2D eigenvalue weighted by atomic mass is 9.64. The normalized spacial score (nSPS) is 28.8. The van der Waals surface area contributed by atoms with Gasteiger partial charge in [0.1, 0.15) is 11.6 Å². The Balaban J connectivity index is 1.07. The maximum absolute atomic E-state index is 12.7. The molecule has 300 valence electrons. The number of pyridine rings is 1. The molecule has 9 nitrogen and oxygen atoms in total. The van der Waals surface area contributed by atoms with E-state index in [2.05, 4.69) is 30.1 Å². The van der Waals surface area contributed by atoms with Gasteiger partial charge in [-0.15, -0.1) is 0 Å². The van der Waals surface area contributed by atoms with Crippen LogP contribution in [0.3, 0.4) is 0 Å². The van der Waals surface area contributed by atoms with Crippen LogP contribution in [0.15, 0.2) is 67.0 Å². The molecule has 55 heavy (non-hydrogen) atoms. The van der Waals surface area contributed by atoms with Crippen LogP contribution in [0, 0.1) is 41.4 Å². The highest BCUT2D eigenvalue weighted by atomic mass is 16.4. The Morgan fingerprint density at radius 1 is 0.964 bits per heavy atom. The molecule has 0 unspecified atom stereocenters. The Morgan fingerprint density at radius 2 is 1.76 bits per heavy atom. The molecule has 10 atom stereocenters. The molecular formula is C46H64N3O6-. The van der Waals surface area contributed by atoms with E-state index in [-0.39, 0.29) is 41.4 Å². The molecule has 0 bridgehead atoms. The fourth-order valence-corrected chi connectivity index (χ4v) is 10.5. The van der Waals surface area contributed by atoms with Gasteiger partial charge in [0.2, 0.25) is 0 Å². The molecule has 0 aliphatic heterocycles. The molecule has 7 N–H and O–H groups in total. The first kappa shape index (κ1) is 41.0. The summed E-state index contributed by atoms with van der Waals surface area (Å²) < 4.78 is 0. The van der Waals surface area contributed by atoms with Crippen LogP contribution in [0.25, 0.3) is 0 Å². The number of aliphatic carboxylic acids is 1. The van der Waals surface area contributed by atoms with Crippen LogP contribution >= 0.6 is 0 Å². The number of unbranched alkanes of at least 4 members (excludes halogenated alkanes) is 4. The SMILES string of the molecule is CCCCC[C@@H]1C=C[C@@H](CCCCC[C@H](C(=O)O)[C@H](O)[C@H]2CC[C@@H]3[C@@H](Cc4ccnc(N)c4)C[C@H](Cc4cc(Cc5ccc(O)cc5)c[n-]4)[C@]3(O)C2)[C@H](O)C1. The zero-order valence-corrected chi connectivity index (χ0v) is 32.7. The van der Waals surface area contributed by atoms with Crippen molar-refractivity contribution in [1.82, 2.24) is 9.97 Å². The minimum atomic E-state index is -1.06. The van der Waals surface area contributed by atoms with Crippen LogP contribution in [-0.4, -0.2) is 54.3 Å². The topological polar surface area (TPSA) is 171 Å². The molecular weight excluding hydrogens is 691 g/mol. The molecule has 9 heteroatoms. The number of phenols is 1. The minimum Gasteiger partial charge on any atom is -0.667 e. The number of benzene rings is 1. The summed E-state index contributed by atoms with van der Waals surface area (Å²) in [6.07, 6.45) is 20.8. The number of carboxylic acids is 1. The average molecular weight is 755 g/mol. The first-order valence-corrected chi connectivity index (χ1v) is 21.1. The van der Waals surface area contributed by atoms with Crippen LogP contribution in [-0.2, 0) is 24.1 Å². The number of aliphatic hydroxyl groups excluding tert-OH is 2. The van der Waals surface area contributed by atoms with Crippen molar-refractivity contribution in [2.45, 2.75) is 134 Å². The summed E-state index contributed by atoms with van der Waals surface area (Å²) >= 11 is 0. The number of allylic oxidation sites excluding steroid dienone is 1. The number of aliphatic hydroxyl groups is 3. The number of carboxylic acid groups (broad SMARTS) is 1. The van der Waals surface area contributed by atoms with Gasteiger partial charge in [-0.3, -0.25) is 4.79 Å². The average Bonchev–Trinajstić information content (AvgIpc) is 3.71. The summed E-state index contributed by atoms with van der Waals surface area (Å²) in [5, 5.41) is 55.2. The van der Waals surface area contributed by atoms with Gasteiger partial charge >= 0.3 is 5.97 Å². The van der Waals surface area contributed by atoms with Gasteiger partial charge in [0.25, 0.3) is 0 Å². The van der Waals surface area contributed by atoms with E-state index in [9.17, 15) is 30.3 Å². The van der Waals surface area contributed by atoms with Gasteiger partial charge in [-0.2, -0.15) is 11.9 Å².